The lowest BCUT2D eigenvalue weighted by Crippen LogP contribution is -2.23. The van der Waals surface area contributed by atoms with E-state index in [2.05, 4.69) is 10.3 Å². The number of hydrogen-bond donors (Lipinski definition) is 1. The Morgan fingerprint density at radius 3 is 2.72 bits per heavy atom. The van der Waals surface area contributed by atoms with Crippen molar-refractivity contribution in [1.82, 2.24) is 10.3 Å². The number of hydrogen-bond acceptors (Lipinski definition) is 3. The summed E-state index contributed by atoms with van der Waals surface area (Å²) in [6.07, 6.45) is 0.935. The van der Waals surface area contributed by atoms with Crippen LogP contribution in [0.4, 0.5) is 0 Å². The fourth-order valence-electron chi connectivity index (χ4n) is 1.69. The molecule has 0 aliphatic rings. The minimum atomic E-state index is -0.0266. The molecule has 0 saturated heterocycles. The van der Waals surface area contributed by atoms with Crippen LogP contribution in [-0.2, 0) is 0 Å². The molecule has 4 heteroatoms. The fraction of sp³-hybridized carbons (Fsp3) is 0.286. The van der Waals surface area contributed by atoms with Crippen molar-refractivity contribution in [1.29, 1.82) is 0 Å². The molecule has 1 N–H and O–H groups in total. The van der Waals surface area contributed by atoms with Crippen molar-refractivity contribution in [2.24, 2.45) is 0 Å². The van der Waals surface area contributed by atoms with E-state index in [0.717, 1.165) is 22.7 Å². The molecule has 0 bridgehead atoms. The SMILES string of the molecule is CCCNC(=O)c1sc(C)nc1-c1ccccc1. The molecule has 2 aromatic rings. The van der Waals surface area contributed by atoms with Crippen molar-refractivity contribution < 1.29 is 4.79 Å². The van der Waals surface area contributed by atoms with Gasteiger partial charge in [-0.05, 0) is 13.3 Å². The molecule has 0 saturated carbocycles. The maximum absolute atomic E-state index is 12.1. The summed E-state index contributed by atoms with van der Waals surface area (Å²) in [5.74, 6) is -0.0266. The van der Waals surface area contributed by atoms with Gasteiger partial charge < -0.3 is 5.32 Å². The maximum Gasteiger partial charge on any atom is 0.263 e. The zero-order chi connectivity index (χ0) is 13.0. The lowest BCUT2D eigenvalue weighted by molar-refractivity contribution is 0.0958. The Morgan fingerprint density at radius 1 is 1.33 bits per heavy atom. The van der Waals surface area contributed by atoms with Crippen LogP contribution >= 0.6 is 11.3 Å². The van der Waals surface area contributed by atoms with Crippen molar-refractivity contribution in [2.75, 3.05) is 6.54 Å². The summed E-state index contributed by atoms with van der Waals surface area (Å²) in [7, 11) is 0. The van der Waals surface area contributed by atoms with Crippen LogP contribution in [0.25, 0.3) is 11.3 Å². The molecular weight excluding hydrogens is 244 g/mol. The van der Waals surface area contributed by atoms with E-state index in [4.69, 9.17) is 0 Å². The summed E-state index contributed by atoms with van der Waals surface area (Å²) in [6, 6.07) is 9.82. The average molecular weight is 260 g/mol. The van der Waals surface area contributed by atoms with Gasteiger partial charge in [-0.1, -0.05) is 37.3 Å². The van der Waals surface area contributed by atoms with E-state index in [1.165, 1.54) is 11.3 Å². The highest BCUT2D eigenvalue weighted by atomic mass is 32.1. The molecule has 18 heavy (non-hydrogen) atoms. The van der Waals surface area contributed by atoms with Crippen LogP contribution in [0.5, 0.6) is 0 Å². The van der Waals surface area contributed by atoms with Gasteiger partial charge in [-0.15, -0.1) is 11.3 Å². The Morgan fingerprint density at radius 2 is 2.06 bits per heavy atom. The molecule has 0 spiro atoms. The zero-order valence-corrected chi connectivity index (χ0v) is 11.4. The van der Waals surface area contributed by atoms with Crippen LogP contribution in [0.1, 0.15) is 28.0 Å². The van der Waals surface area contributed by atoms with Gasteiger partial charge >= 0.3 is 0 Å². The summed E-state index contributed by atoms with van der Waals surface area (Å²) in [4.78, 5) is 17.2. The third-order valence-corrected chi connectivity index (χ3v) is 3.49. The predicted octanol–water partition coefficient (Wildman–Crippen LogP) is 3.26. The van der Waals surface area contributed by atoms with Gasteiger partial charge in [-0.25, -0.2) is 4.98 Å². The third-order valence-electron chi connectivity index (χ3n) is 2.52. The molecule has 1 aromatic carbocycles. The number of rotatable bonds is 4. The van der Waals surface area contributed by atoms with Crippen LogP contribution in [0.2, 0.25) is 0 Å². The Kier molecular flexibility index (Phi) is 4.10. The molecule has 0 aliphatic carbocycles. The van der Waals surface area contributed by atoms with E-state index >= 15 is 0 Å². The Bertz CT molecular complexity index is 534. The van der Waals surface area contributed by atoms with Crippen LogP contribution in [-0.4, -0.2) is 17.4 Å². The molecule has 0 radical (unpaired) electrons. The van der Waals surface area contributed by atoms with Gasteiger partial charge in [0, 0.05) is 12.1 Å². The van der Waals surface area contributed by atoms with Crippen molar-refractivity contribution >= 4 is 17.2 Å². The molecule has 0 aliphatic heterocycles. The van der Waals surface area contributed by atoms with Crippen LogP contribution in [0, 0.1) is 6.92 Å². The number of carbonyl (C=O) groups is 1. The molecule has 0 unspecified atom stereocenters. The third kappa shape index (κ3) is 2.76. The second kappa shape index (κ2) is 5.78. The number of nitrogens with one attached hydrogen (secondary N) is 1. The summed E-state index contributed by atoms with van der Waals surface area (Å²) in [5.41, 5.74) is 1.77. The lowest BCUT2D eigenvalue weighted by atomic mass is 10.1. The van der Waals surface area contributed by atoms with Crippen molar-refractivity contribution in [3.8, 4) is 11.3 Å². The number of benzene rings is 1. The van der Waals surface area contributed by atoms with E-state index in [0.29, 0.717) is 11.4 Å². The molecule has 1 heterocycles. The average Bonchev–Trinajstić information content (AvgIpc) is 2.79. The highest BCUT2D eigenvalue weighted by molar-refractivity contribution is 7.14. The van der Waals surface area contributed by atoms with Crippen molar-refractivity contribution in [2.45, 2.75) is 20.3 Å². The van der Waals surface area contributed by atoms with Crippen molar-refractivity contribution in [3.63, 3.8) is 0 Å². The Balaban J connectivity index is 2.34. The molecule has 0 fully saturated rings. The summed E-state index contributed by atoms with van der Waals surface area (Å²) >= 11 is 1.44. The van der Waals surface area contributed by atoms with Gasteiger partial charge in [0.1, 0.15) is 4.88 Å². The van der Waals surface area contributed by atoms with Gasteiger partial charge in [0.05, 0.1) is 10.7 Å². The van der Waals surface area contributed by atoms with Crippen LogP contribution < -0.4 is 5.32 Å². The Hall–Kier alpha value is -1.68. The highest BCUT2D eigenvalue weighted by Gasteiger charge is 2.17. The molecule has 1 aromatic heterocycles. The molecule has 0 atom stereocenters. The topological polar surface area (TPSA) is 42.0 Å². The van der Waals surface area contributed by atoms with Crippen molar-refractivity contribution in [3.05, 3.63) is 40.2 Å². The number of aromatic nitrogens is 1. The molecular formula is C14H16N2OS. The van der Waals surface area contributed by atoms with E-state index in [1.54, 1.807) is 0 Å². The summed E-state index contributed by atoms with van der Waals surface area (Å²) < 4.78 is 0. The predicted molar refractivity (Wildman–Crippen MR) is 74.9 cm³/mol. The molecule has 94 valence electrons. The number of nitrogens with zero attached hydrogens (tertiary/aromatic N) is 1. The minimum absolute atomic E-state index is 0.0266. The summed E-state index contributed by atoms with van der Waals surface area (Å²) in [6.45, 7) is 4.66. The fourth-order valence-corrected chi connectivity index (χ4v) is 2.55. The van der Waals surface area contributed by atoms with Gasteiger partial charge in [-0.3, -0.25) is 4.79 Å². The highest BCUT2D eigenvalue weighted by Crippen LogP contribution is 2.27. The standard InChI is InChI=1S/C14H16N2OS/c1-3-9-15-14(17)13-12(16-10(2)18-13)11-7-5-4-6-8-11/h4-8H,3,9H2,1-2H3,(H,15,17). The monoisotopic (exact) mass is 260 g/mol. The van der Waals surface area contributed by atoms with Gasteiger partial charge in [0.15, 0.2) is 0 Å². The van der Waals surface area contributed by atoms with Gasteiger partial charge in [0.2, 0.25) is 0 Å². The maximum atomic E-state index is 12.1. The lowest BCUT2D eigenvalue weighted by Gasteiger charge is -2.03. The molecule has 1 amide bonds. The Labute approximate surface area is 111 Å². The minimum Gasteiger partial charge on any atom is -0.351 e. The van der Waals surface area contributed by atoms with E-state index in [9.17, 15) is 4.79 Å². The number of amides is 1. The van der Waals surface area contributed by atoms with Gasteiger partial charge in [0.25, 0.3) is 5.91 Å². The second-order valence-electron chi connectivity index (χ2n) is 4.03. The first-order valence-electron chi connectivity index (χ1n) is 6.03. The van der Waals surface area contributed by atoms with E-state index in [-0.39, 0.29) is 5.91 Å². The first-order chi connectivity index (χ1) is 8.72. The smallest absolute Gasteiger partial charge is 0.263 e. The van der Waals surface area contributed by atoms with E-state index < -0.39 is 0 Å². The molecule has 3 nitrogen and oxygen atoms in total. The van der Waals surface area contributed by atoms with Crippen LogP contribution in [0.3, 0.4) is 0 Å². The van der Waals surface area contributed by atoms with Crippen LogP contribution in [0.15, 0.2) is 30.3 Å². The normalized spacial score (nSPS) is 10.3. The second-order valence-corrected chi connectivity index (χ2v) is 5.24. The first-order valence-corrected chi connectivity index (χ1v) is 6.85. The van der Waals surface area contributed by atoms with E-state index in [1.807, 2.05) is 44.2 Å². The zero-order valence-electron chi connectivity index (χ0n) is 10.6. The first kappa shape index (κ1) is 12.8. The number of aryl methyl sites for hydroxylation is 1. The summed E-state index contributed by atoms with van der Waals surface area (Å²) in [5, 5.41) is 3.82. The number of thiazole rings is 1. The van der Waals surface area contributed by atoms with Gasteiger partial charge in [-0.2, -0.15) is 0 Å². The largest absolute Gasteiger partial charge is 0.351 e. The molecule has 2 rings (SSSR count). The quantitative estimate of drug-likeness (QED) is 0.916. The number of carbonyl (C=O) groups excluding carboxylic acids is 1.